The fourth-order valence-electron chi connectivity index (χ4n) is 4.76. The first-order chi connectivity index (χ1) is 16.8. The molecule has 0 fully saturated rings. The van der Waals surface area contributed by atoms with E-state index >= 15 is 4.39 Å². The number of phenols is 1. The van der Waals surface area contributed by atoms with E-state index in [2.05, 4.69) is 11.9 Å². The van der Waals surface area contributed by atoms with Crippen molar-refractivity contribution in [1.82, 2.24) is 0 Å². The molecule has 0 radical (unpaired) electrons. The second kappa shape index (κ2) is 9.25. The van der Waals surface area contributed by atoms with Gasteiger partial charge in [0.2, 0.25) is 0 Å². The molecule has 2 aromatic carbocycles. The van der Waals surface area contributed by atoms with E-state index in [-0.39, 0.29) is 57.8 Å². The van der Waals surface area contributed by atoms with Crippen molar-refractivity contribution in [2.24, 2.45) is 5.41 Å². The van der Waals surface area contributed by atoms with Gasteiger partial charge in [0.25, 0.3) is 5.91 Å². The zero-order valence-electron chi connectivity index (χ0n) is 20.3. The largest absolute Gasteiger partial charge is 0.506 e. The molecule has 0 spiro atoms. The number of fused-ring (bicyclic) bond motifs is 1. The standard InChI is InChI=1S/C26H29FN2O6S/c1-15(2)13-35-16-8-9-17(18(27)10-16)24-25-19(11-26(3,4)14-36(25,33)34)28-23-20(6-5-7-21(23)31)29(24)22(32)12-30/h5-10,24,28,30-31H,1,11-14H2,2-4H3. The van der Waals surface area contributed by atoms with E-state index in [0.717, 1.165) is 16.5 Å². The van der Waals surface area contributed by atoms with Gasteiger partial charge in [-0.25, -0.2) is 12.8 Å². The van der Waals surface area contributed by atoms with E-state index in [1.54, 1.807) is 20.8 Å². The van der Waals surface area contributed by atoms with E-state index < -0.39 is 39.6 Å². The Bertz CT molecular complexity index is 1380. The highest BCUT2D eigenvalue weighted by Crippen LogP contribution is 2.51. The highest BCUT2D eigenvalue weighted by molar-refractivity contribution is 7.95. The van der Waals surface area contributed by atoms with Crippen LogP contribution in [0.5, 0.6) is 11.5 Å². The molecule has 10 heteroatoms. The van der Waals surface area contributed by atoms with Gasteiger partial charge in [-0.1, -0.05) is 26.5 Å². The maximum atomic E-state index is 15.7. The van der Waals surface area contributed by atoms with Gasteiger partial charge in [0, 0.05) is 17.3 Å². The molecule has 192 valence electrons. The Morgan fingerprint density at radius 3 is 2.67 bits per heavy atom. The van der Waals surface area contributed by atoms with Gasteiger partial charge >= 0.3 is 0 Å². The normalized spacial score (nSPS) is 20.0. The molecule has 1 atom stereocenters. The van der Waals surface area contributed by atoms with Gasteiger partial charge in [-0.2, -0.15) is 0 Å². The number of carbonyl (C=O) groups is 1. The Morgan fingerprint density at radius 1 is 1.31 bits per heavy atom. The Balaban J connectivity index is 2.01. The Kier molecular flexibility index (Phi) is 6.61. The molecule has 2 aliphatic heterocycles. The molecule has 0 bridgehead atoms. The molecular formula is C26H29FN2O6S. The lowest BCUT2D eigenvalue weighted by Crippen LogP contribution is -2.42. The van der Waals surface area contributed by atoms with Crippen LogP contribution in [0.3, 0.4) is 0 Å². The van der Waals surface area contributed by atoms with Crippen LogP contribution >= 0.6 is 0 Å². The monoisotopic (exact) mass is 516 g/mol. The molecule has 1 amide bonds. The van der Waals surface area contributed by atoms with Crippen molar-refractivity contribution in [2.75, 3.05) is 29.2 Å². The van der Waals surface area contributed by atoms with E-state index in [9.17, 15) is 23.4 Å². The lowest BCUT2D eigenvalue weighted by Gasteiger charge is -2.37. The number of phenolic OH excluding ortho intramolecular Hbond substituents is 1. The number of benzene rings is 2. The number of halogens is 1. The number of amides is 1. The van der Waals surface area contributed by atoms with Crippen LogP contribution in [0.25, 0.3) is 0 Å². The van der Waals surface area contributed by atoms with Crippen molar-refractivity contribution in [3.05, 3.63) is 70.5 Å². The SMILES string of the molecule is C=C(C)COc1ccc(C2C3=C(CC(C)(C)CS3(=O)=O)Nc3c(O)cccc3N2C(=O)CO)c(F)c1. The highest BCUT2D eigenvalue weighted by Gasteiger charge is 2.47. The second-order valence-corrected chi connectivity index (χ2v) is 12.0. The third-order valence-electron chi connectivity index (χ3n) is 6.09. The number of ether oxygens (including phenoxy) is 1. The maximum absolute atomic E-state index is 15.7. The summed E-state index contributed by atoms with van der Waals surface area (Å²) in [5.74, 6) is -1.87. The Morgan fingerprint density at radius 2 is 2.03 bits per heavy atom. The maximum Gasteiger partial charge on any atom is 0.253 e. The molecule has 1 unspecified atom stereocenters. The smallest absolute Gasteiger partial charge is 0.253 e. The predicted molar refractivity (Wildman–Crippen MR) is 135 cm³/mol. The Labute approximate surface area is 209 Å². The third-order valence-corrected chi connectivity index (χ3v) is 8.39. The zero-order chi connectivity index (χ0) is 26.4. The minimum atomic E-state index is -4.02. The molecule has 0 aliphatic carbocycles. The molecule has 2 aromatic rings. The summed E-state index contributed by atoms with van der Waals surface area (Å²) in [5.41, 5.74) is 0.459. The van der Waals surface area contributed by atoms with E-state index in [1.807, 2.05) is 0 Å². The second-order valence-electron chi connectivity index (χ2n) is 9.99. The number of nitrogens with one attached hydrogen (secondary N) is 1. The number of aliphatic hydroxyl groups is 1. The van der Waals surface area contributed by atoms with Crippen LogP contribution in [0.2, 0.25) is 0 Å². The number of aromatic hydroxyl groups is 1. The molecule has 0 aromatic heterocycles. The van der Waals surface area contributed by atoms with Crippen LogP contribution < -0.4 is 15.0 Å². The molecule has 3 N–H and O–H groups in total. The van der Waals surface area contributed by atoms with E-state index in [4.69, 9.17) is 4.74 Å². The van der Waals surface area contributed by atoms with Crippen LogP contribution in [-0.4, -0.2) is 43.5 Å². The predicted octanol–water partition coefficient (Wildman–Crippen LogP) is 4.03. The number of sulfone groups is 1. The van der Waals surface area contributed by atoms with Gasteiger partial charge in [0.1, 0.15) is 42.3 Å². The third kappa shape index (κ3) is 4.70. The van der Waals surface area contributed by atoms with Crippen molar-refractivity contribution < 1.29 is 32.6 Å². The van der Waals surface area contributed by atoms with Crippen molar-refractivity contribution in [3.8, 4) is 11.5 Å². The molecule has 2 aliphatic rings. The van der Waals surface area contributed by atoms with Gasteiger partial charge in [-0.05, 0) is 48.6 Å². The molecular weight excluding hydrogens is 487 g/mol. The van der Waals surface area contributed by atoms with Crippen molar-refractivity contribution >= 4 is 27.1 Å². The van der Waals surface area contributed by atoms with Crippen molar-refractivity contribution in [1.29, 1.82) is 0 Å². The summed E-state index contributed by atoms with van der Waals surface area (Å²) in [6.45, 7) is 8.32. The summed E-state index contributed by atoms with van der Waals surface area (Å²) < 4.78 is 48.6. The fourth-order valence-corrected chi connectivity index (χ4v) is 7.12. The van der Waals surface area contributed by atoms with Gasteiger partial charge in [0.05, 0.1) is 16.3 Å². The van der Waals surface area contributed by atoms with Crippen LogP contribution in [0, 0.1) is 11.2 Å². The topological polar surface area (TPSA) is 116 Å². The molecule has 4 rings (SSSR count). The summed E-state index contributed by atoms with van der Waals surface area (Å²) in [6, 6.07) is 6.95. The minimum absolute atomic E-state index is 0.0896. The lowest BCUT2D eigenvalue weighted by molar-refractivity contribution is -0.121. The first kappa shape index (κ1) is 25.7. The van der Waals surface area contributed by atoms with Crippen LogP contribution in [0.1, 0.15) is 38.8 Å². The molecule has 2 heterocycles. The number of para-hydroxylation sites is 1. The number of aliphatic hydroxyl groups excluding tert-OH is 1. The summed E-state index contributed by atoms with van der Waals surface area (Å²) >= 11 is 0. The van der Waals surface area contributed by atoms with E-state index in [0.29, 0.717) is 0 Å². The average Bonchev–Trinajstić information content (AvgIpc) is 2.91. The quantitative estimate of drug-likeness (QED) is 0.406. The summed E-state index contributed by atoms with van der Waals surface area (Å²) in [5, 5.41) is 23.5. The van der Waals surface area contributed by atoms with Gasteiger partial charge < -0.3 is 20.3 Å². The van der Waals surface area contributed by atoms with Crippen molar-refractivity contribution in [2.45, 2.75) is 33.2 Å². The molecule has 8 nitrogen and oxygen atoms in total. The van der Waals surface area contributed by atoms with Gasteiger partial charge in [-0.15, -0.1) is 0 Å². The minimum Gasteiger partial charge on any atom is -0.506 e. The number of anilines is 2. The number of carbonyl (C=O) groups excluding carboxylic acids is 1. The molecule has 0 saturated heterocycles. The number of hydrogen-bond acceptors (Lipinski definition) is 7. The summed E-state index contributed by atoms with van der Waals surface area (Å²) in [4.78, 5) is 14.0. The lowest BCUT2D eigenvalue weighted by atomic mass is 9.88. The van der Waals surface area contributed by atoms with Crippen molar-refractivity contribution in [3.63, 3.8) is 0 Å². The van der Waals surface area contributed by atoms with Crippen LogP contribution in [0.15, 0.2) is 59.2 Å². The summed E-state index contributed by atoms with van der Waals surface area (Å²) in [6.07, 6.45) is 0.272. The van der Waals surface area contributed by atoms with E-state index in [1.165, 1.54) is 30.3 Å². The number of nitrogens with zero attached hydrogens (tertiary/aromatic N) is 1. The Hall–Kier alpha value is -3.37. The number of hydrogen-bond donors (Lipinski definition) is 3. The van der Waals surface area contributed by atoms with Crippen LogP contribution in [-0.2, 0) is 14.6 Å². The van der Waals surface area contributed by atoms with Gasteiger partial charge in [-0.3, -0.25) is 9.69 Å². The highest BCUT2D eigenvalue weighted by atomic mass is 32.2. The fraction of sp³-hybridized carbons (Fsp3) is 0.346. The number of rotatable bonds is 5. The number of allylic oxidation sites excluding steroid dienone is 1. The first-order valence-electron chi connectivity index (χ1n) is 11.4. The van der Waals surface area contributed by atoms with Gasteiger partial charge in [0.15, 0.2) is 9.84 Å². The average molecular weight is 517 g/mol. The molecule has 36 heavy (non-hydrogen) atoms. The van der Waals surface area contributed by atoms with Crippen LogP contribution in [0.4, 0.5) is 15.8 Å². The first-order valence-corrected chi connectivity index (χ1v) is 13.0. The summed E-state index contributed by atoms with van der Waals surface area (Å²) in [7, 11) is -4.02. The molecule has 0 saturated carbocycles. The zero-order valence-corrected chi connectivity index (χ0v) is 21.2.